The van der Waals surface area contributed by atoms with Crippen LogP contribution in [0.1, 0.15) is 36.0 Å². The smallest absolute Gasteiger partial charge is 0.0912 e. The number of aliphatic hydroxyl groups excluding tert-OH is 1. The first-order chi connectivity index (χ1) is 10.7. The van der Waals surface area contributed by atoms with E-state index in [1.165, 1.54) is 31.5 Å². The third-order valence-corrected chi connectivity index (χ3v) is 5.17. The second-order valence-corrected chi connectivity index (χ2v) is 7.09. The molecule has 3 rings (SSSR count). The Morgan fingerprint density at radius 3 is 2.18 bits per heavy atom. The molecule has 2 N–H and O–H groups in total. The normalized spacial score (nSPS) is 18.3. The molecule has 0 amide bonds. The summed E-state index contributed by atoms with van der Waals surface area (Å²) in [6.45, 7) is 3.47. The molecular weight excluding hydrogens is 338 g/mol. The van der Waals surface area contributed by atoms with Crippen LogP contribution in [0.15, 0.2) is 59.1 Å². The number of nitrogens with one attached hydrogen (secondary N) is 1. The Labute approximate surface area is 140 Å². The topological polar surface area (TPSA) is 24.7 Å². The fourth-order valence-electron chi connectivity index (χ4n) is 3.39. The Morgan fingerprint density at radius 2 is 1.55 bits per heavy atom. The average molecular weight is 361 g/mol. The second-order valence-electron chi connectivity index (χ2n) is 6.17. The van der Waals surface area contributed by atoms with Crippen LogP contribution in [0.4, 0.5) is 0 Å². The molecular formula is C19H23BrNO+. The van der Waals surface area contributed by atoms with E-state index >= 15 is 0 Å². The van der Waals surface area contributed by atoms with E-state index in [2.05, 4.69) is 40.2 Å². The Bertz CT molecular complexity index is 578. The maximum absolute atomic E-state index is 11.0. The molecule has 0 unspecified atom stereocenters. The summed E-state index contributed by atoms with van der Waals surface area (Å²) >= 11 is 3.46. The summed E-state index contributed by atoms with van der Waals surface area (Å²) in [7, 11) is 0. The van der Waals surface area contributed by atoms with Gasteiger partial charge in [0.25, 0.3) is 0 Å². The molecule has 2 aromatic carbocycles. The molecule has 1 aliphatic rings. The highest BCUT2D eigenvalue weighted by molar-refractivity contribution is 9.10. The van der Waals surface area contributed by atoms with Gasteiger partial charge in [0.1, 0.15) is 0 Å². The van der Waals surface area contributed by atoms with Gasteiger partial charge in [0, 0.05) is 17.3 Å². The van der Waals surface area contributed by atoms with Crippen molar-refractivity contribution in [3.63, 3.8) is 0 Å². The van der Waals surface area contributed by atoms with Crippen LogP contribution in [0, 0.1) is 0 Å². The van der Waals surface area contributed by atoms with Gasteiger partial charge in [-0.15, -0.1) is 0 Å². The summed E-state index contributed by atoms with van der Waals surface area (Å²) in [4.78, 5) is 1.62. The van der Waals surface area contributed by atoms with Gasteiger partial charge in [0.15, 0.2) is 0 Å². The summed E-state index contributed by atoms with van der Waals surface area (Å²) in [5, 5.41) is 11.0. The van der Waals surface area contributed by atoms with Crippen LogP contribution >= 0.6 is 15.9 Å². The standard InChI is InChI=1S/C19H22BrNO/c20-17-10-8-16(9-11-17)19(22)18(14-21-12-4-5-13-21)15-6-2-1-3-7-15/h1-3,6-11,18-19,22H,4-5,12-14H2/p+1/t18-,19-/m0/s1. The molecule has 2 nitrogen and oxygen atoms in total. The lowest BCUT2D eigenvalue weighted by molar-refractivity contribution is -0.889. The fourth-order valence-corrected chi connectivity index (χ4v) is 3.66. The molecule has 1 saturated heterocycles. The molecule has 3 heteroatoms. The van der Waals surface area contributed by atoms with Crippen molar-refractivity contribution in [1.29, 1.82) is 0 Å². The lowest BCUT2D eigenvalue weighted by atomic mass is 9.88. The van der Waals surface area contributed by atoms with Crippen LogP contribution in [0.3, 0.4) is 0 Å². The summed E-state index contributed by atoms with van der Waals surface area (Å²) in [6, 6.07) is 18.5. The lowest BCUT2D eigenvalue weighted by Crippen LogP contribution is -3.10. The number of rotatable bonds is 5. The average Bonchev–Trinajstić information content (AvgIpc) is 3.07. The van der Waals surface area contributed by atoms with Crippen molar-refractivity contribution in [2.75, 3.05) is 19.6 Å². The molecule has 1 aliphatic heterocycles. The van der Waals surface area contributed by atoms with Crippen LogP contribution in [0.2, 0.25) is 0 Å². The van der Waals surface area contributed by atoms with Crippen LogP contribution in [-0.4, -0.2) is 24.7 Å². The van der Waals surface area contributed by atoms with Crippen LogP contribution in [-0.2, 0) is 0 Å². The second kappa shape index (κ2) is 7.40. The Hall–Kier alpha value is -1.16. The van der Waals surface area contributed by atoms with Gasteiger partial charge in [-0.3, -0.25) is 0 Å². The van der Waals surface area contributed by atoms with Crippen molar-refractivity contribution in [2.24, 2.45) is 0 Å². The highest BCUT2D eigenvalue weighted by atomic mass is 79.9. The summed E-state index contributed by atoms with van der Waals surface area (Å²) in [6.07, 6.45) is 2.17. The van der Waals surface area contributed by atoms with Gasteiger partial charge in [-0.25, -0.2) is 0 Å². The molecule has 0 aliphatic carbocycles. The molecule has 1 heterocycles. The highest BCUT2D eigenvalue weighted by Gasteiger charge is 2.28. The number of halogens is 1. The number of aliphatic hydroxyl groups is 1. The molecule has 0 bridgehead atoms. The molecule has 1 fully saturated rings. The quantitative estimate of drug-likeness (QED) is 0.841. The Balaban J connectivity index is 1.84. The zero-order valence-electron chi connectivity index (χ0n) is 12.7. The van der Waals surface area contributed by atoms with E-state index in [4.69, 9.17) is 0 Å². The van der Waals surface area contributed by atoms with E-state index in [1.807, 2.05) is 30.3 Å². The van der Waals surface area contributed by atoms with Gasteiger partial charge in [0.2, 0.25) is 0 Å². The fraction of sp³-hybridized carbons (Fsp3) is 0.368. The van der Waals surface area contributed by atoms with E-state index in [-0.39, 0.29) is 5.92 Å². The minimum Gasteiger partial charge on any atom is -0.388 e. The Kier molecular flexibility index (Phi) is 5.29. The molecule has 0 spiro atoms. The van der Waals surface area contributed by atoms with Crippen molar-refractivity contribution in [1.82, 2.24) is 0 Å². The molecule has 22 heavy (non-hydrogen) atoms. The van der Waals surface area contributed by atoms with Crippen molar-refractivity contribution in [3.05, 3.63) is 70.2 Å². The molecule has 0 radical (unpaired) electrons. The SMILES string of the molecule is O[C@@H](c1ccc(Br)cc1)[C@@H](C[NH+]1CCCC1)c1ccccc1. The Morgan fingerprint density at radius 1 is 0.909 bits per heavy atom. The molecule has 0 saturated carbocycles. The third-order valence-electron chi connectivity index (χ3n) is 4.64. The van der Waals surface area contributed by atoms with Crippen molar-refractivity contribution < 1.29 is 10.0 Å². The summed E-state index contributed by atoms with van der Waals surface area (Å²) in [5.41, 5.74) is 2.23. The van der Waals surface area contributed by atoms with Gasteiger partial charge in [-0.1, -0.05) is 58.4 Å². The lowest BCUT2D eigenvalue weighted by Gasteiger charge is -2.26. The largest absolute Gasteiger partial charge is 0.388 e. The first-order valence-electron chi connectivity index (χ1n) is 8.06. The number of quaternary nitrogens is 1. The van der Waals surface area contributed by atoms with Crippen molar-refractivity contribution in [2.45, 2.75) is 24.9 Å². The minimum absolute atomic E-state index is 0.149. The van der Waals surface area contributed by atoms with Gasteiger partial charge < -0.3 is 10.0 Å². The zero-order chi connectivity index (χ0) is 15.4. The number of hydrogen-bond donors (Lipinski definition) is 2. The minimum atomic E-state index is -0.455. The van der Waals surface area contributed by atoms with Gasteiger partial charge in [-0.05, 0) is 23.3 Å². The molecule has 116 valence electrons. The van der Waals surface area contributed by atoms with Crippen molar-refractivity contribution in [3.8, 4) is 0 Å². The maximum Gasteiger partial charge on any atom is 0.0912 e. The van der Waals surface area contributed by atoms with Gasteiger partial charge in [-0.2, -0.15) is 0 Å². The predicted octanol–water partition coefficient (Wildman–Crippen LogP) is 2.95. The predicted molar refractivity (Wildman–Crippen MR) is 93.1 cm³/mol. The first kappa shape index (κ1) is 15.7. The van der Waals surface area contributed by atoms with Gasteiger partial charge >= 0.3 is 0 Å². The first-order valence-corrected chi connectivity index (χ1v) is 8.85. The highest BCUT2D eigenvalue weighted by Crippen LogP contribution is 2.30. The van der Waals surface area contributed by atoms with E-state index in [1.54, 1.807) is 4.90 Å². The number of benzene rings is 2. The maximum atomic E-state index is 11.0. The van der Waals surface area contributed by atoms with Crippen molar-refractivity contribution >= 4 is 15.9 Å². The van der Waals surface area contributed by atoms with Crippen LogP contribution in [0.25, 0.3) is 0 Å². The third kappa shape index (κ3) is 3.78. The van der Waals surface area contributed by atoms with Crippen LogP contribution in [0.5, 0.6) is 0 Å². The monoisotopic (exact) mass is 360 g/mol. The van der Waals surface area contributed by atoms with Crippen LogP contribution < -0.4 is 4.90 Å². The number of hydrogen-bond acceptors (Lipinski definition) is 1. The summed E-state index contributed by atoms with van der Waals surface area (Å²) in [5.74, 6) is 0.149. The van der Waals surface area contributed by atoms with Gasteiger partial charge in [0.05, 0.1) is 31.7 Å². The van der Waals surface area contributed by atoms with E-state index in [0.717, 1.165) is 16.6 Å². The zero-order valence-corrected chi connectivity index (χ0v) is 14.3. The summed E-state index contributed by atoms with van der Waals surface area (Å²) < 4.78 is 1.05. The molecule has 2 aromatic rings. The van der Waals surface area contributed by atoms with E-state index < -0.39 is 6.10 Å². The van der Waals surface area contributed by atoms with E-state index in [0.29, 0.717) is 0 Å². The number of likely N-dealkylation sites (tertiary alicyclic amines) is 1. The molecule has 0 aromatic heterocycles. The molecule has 2 atom stereocenters. The van der Waals surface area contributed by atoms with E-state index in [9.17, 15) is 5.11 Å².